The number of carbonyl (C=O) groups is 2. The summed E-state index contributed by atoms with van der Waals surface area (Å²) >= 11 is 0. The fourth-order valence-corrected chi connectivity index (χ4v) is 3.41. The molecule has 4 rings (SSSR count). The van der Waals surface area contributed by atoms with E-state index in [1.807, 2.05) is 0 Å². The quantitative estimate of drug-likeness (QED) is 0.437. The van der Waals surface area contributed by atoms with Crippen LogP contribution in [0.1, 0.15) is 11.1 Å². The Kier molecular flexibility index (Phi) is 4.07. The van der Waals surface area contributed by atoms with E-state index in [2.05, 4.69) is 5.16 Å². The molecule has 2 aromatic carbocycles. The third-order valence-corrected chi connectivity index (χ3v) is 4.82. The lowest BCUT2D eigenvalue weighted by Gasteiger charge is -2.17. The molecule has 146 valence electrons. The van der Waals surface area contributed by atoms with E-state index in [1.165, 1.54) is 42.5 Å². The number of rotatable bonds is 4. The van der Waals surface area contributed by atoms with Gasteiger partial charge >= 0.3 is 0 Å². The first-order valence-corrected chi connectivity index (χ1v) is 8.41. The Morgan fingerprint density at radius 2 is 1.59 bits per heavy atom. The van der Waals surface area contributed by atoms with Crippen LogP contribution in [0.2, 0.25) is 0 Å². The van der Waals surface area contributed by atoms with Crippen molar-refractivity contribution in [2.75, 3.05) is 4.90 Å². The molecular weight excluding hydrogens is 384 g/mol. The maximum absolute atomic E-state index is 13.0. The standard InChI is InChI=1S/C18H12N4O7/c1-9-8-12(22(27)28)6-7-13(9)20-17(23)14-15(19-29-16(14)18(20)24)10-2-4-11(5-3-10)21(25)26/h2-8,14,16H,1H3/t14-,16+/m1/s1. The number of nitrogens with zero attached hydrogens (tertiary/aromatic N) is 4. The molecule has 1 saturated heterocycles. The molecule has 0 saturated carbocycles. The van der Waals surface area contributed by atoms with E-state index in [1.54, 1.807) is 6.92 Å². The molecule has 2 atom stereocenters. The van der Waals surface area contributed by atoms with Gasteiger partial charge in [0, 0.05) is 29.8 Å². The number of anilines is 1. The largest absolute Gasteiger partial charge is 0.381 e. The molecule has 2 aliphatic heterocycles. The molecular formula is C18H12N4O7. The van der Waals surface area contributed by atoms with Crippen molar-refractivity contribution in [2.24, 2.45) is 11.1 Å². The van der Waals surface area contributed by atoms with Crippen molar-refractivity contribution in [3.63, 3.8) is 0 Å². The summed E-state index contributed by atoms with van der Waals surface area (Å²) in [6, 6.07) is 9.22. The first-order chi connectivity index (χ1) is 13.8. The topological polar surface area (TPSA) is 145 Å². The predicted molar refractivity (Wildman–Crippen MR) is 98.3 cm³/mol. The van der Waals surface area contributed by atoms with E-state index >= 15 is 0 Å². The van der Waals surface area contributed by atoms with Crippen molar-refractivity contribution in [1.82, 2.24) is 0 Å². The predicted octanol–water partition coefficient (Wildman–Crippen LogP) is 2.10. The number of nitro benzene ring substituents is 2. The first-order valence-electron chi connectivity index (χ1n) is 8.41. The lowest BCUT2D eigenvalue weighted by atomic mass is 9.94. The van der Waals surface area contributed by atoms with Gasteiger partial charge in [-0.05, 0) is 30.7 Å². The third kappa shape index (κ3) is 2.79. The van der Waals surface area contributed by atoms with Crippen LogP contribution in [0.5, 0.6) is 0 Å². The Hall–Kier alpha value is -4.15. The van der Waals surface area contributed by atoms with Crippen LogP contribution < -0.4 is 4.90 Å². The van der Waals surface area contributed by atoms with Gasteiger partial charge in [0.2, 0.25) is 12.0 Å². The minimum absolute atomic E-state index is 0.123. The average Bonchev–Trinajstić information content (AvgIpc) is 3.23. The van der Waals surface area contributed by atoms with Gasteiger partial charge < -0.3 is 4.84 Å². The Labute approximate surface area is 162 Å². The summed E-state index contributed by atoms with van der Waals surface area (Å²) in [5, 5.41) is 25.6. The highest BCUT2D eigenvalue weighted by molar-refractivity contribution is 6.32. The van der Waals surface area contributed by atoms with Gasteiger partial charge in [0.25, 0.3) is 17.3 Å². The van der Waals surface area contributed by atoms with Crippen LogP contribution in [0.3, 0.4) is 0 Å². The van der Waals surface area contributed by atoms with Crippen LogP contribution in [0.25, 0.3) is 0 Å². The fraction of sp³-hybridized carbons (Fsp3) is 0.167. The van der Waals surface area contributed by atoms with Crippen molar-refractivity contribution in [2.45, 2.75) is 13.0 Å². The number of oxime groups is 1. The zero-order valence-corrected chi connectivity index (χ0v) is 14.8. The minimum Gasteiger partial charge on any atom is -0.381 e. The van der Waals surface area contributed by atoms with Gasteiger partial charge in [-0.1, -0.05) is 5.16 Å². The van der Waals surface area contributed by atoms with Crippen molar-refractivity contribution in [1.29, 1.82) is 0 Å². The number of aryl methyl sites for hydroxylation is 1. The summed E-state index contributed by atoms with van der Waals surface area (Å²) in [6.45, 7) is 1.56. The van der Waals surface area contributed by atoms with Gasteiger partial charge in [-0.25, -0.2) is 4.90 Å². The van der Waals surface area contributed by atoms with Gasteiger partial charge in [-0.3, -0.25) is 29.8 Å². The molecule has 0 aromatic heterocycles. The maximum atomic E-state index is 13.0. The van der Waals surface area contributed by atoms with Gasteiger partial charge in [-0.15, -0.1) is 0 Å². The molecule has 0 N–H and O–H groups in total. The van der Waals surface area contributed by atoms with Crippen molar-refractivity contribution in [3.05, 3.63) is 73.8 Å². The second-order valence-electron chi connectivity index (χ2n) is 6.52. The number of carbonyl (C=O) groups excluding carboxylic acids is 2. The number of fused-ring (bicyclic) bond motifs is 1. The molecule has 11 nitrogen and oxygen atoms in total. The van der Waals surface area contributed by atoms with E-state index in [0.29, 0.717) is 11.1 Å². The Balaban J connectivity index is 1.67. The summed E-state index contributed by atoms with van der Waals surface area (Å²) in [5.74, 6) is -2.21. The molecule has 0 aliphatic carbocycles. The third-order valence-electron chi connectivity index (χ3n) is 4.82. The van der Waals surface area contributed by atoms with Crippen LogP contribution in [-0.2, 0) is 14.4 Å². The van der Waals surface area contributed by atoms with Crippen LogP contribution in [0.4, 0.5) is 17.1 Å². The number of benzene rings is 2. The van der Waals surface area contributed by atoms with Crippen LogP contribution in [0, 0.1) is 33.1 Å². The van der Waals surface area contributed by atoms with Crippen molar-refractivity contribution >= 4 is 34.6 Å². The lowest BCUT2D eigenvalue weighted by Crippen LogP contribution is -2.33. The van der Waals surface area contributed by atoms with E-state index in [0.717, 1.165) is 4.90 Å². The fourth-order valence-electron chi connectivity index (χ4n) is 3.41. The van der Waals surface area contributed by atoms with Gasteiger partial charge in [0.1, 0.15) is 11.6 Å². The van der Waals surface area contributed by atoms with Gasteiger partial charge in [0.05, 0.1) is 15.5 Å². The summed E-state index contributed by atoms with van der Waals surface area (Å²) in [5.41, 5.74) is 0.954. The molecule has 2 amide bonds. The summed E-state index contributed by atoms with van der Waals surface area (Å²) in [7, 11) is 0. The zero-order valence-electron chi connectivity index (χ0n) is 14.8. The van der Waals surface area contributed by atoms with E-state index in [9.17, 15) is 29.8 Å². The van der Waals surface area contributed by atoms with Gasteiger partial charge in [-0.2, -0.15) is 0 Å². The van der Waals surface area contributed by atoms with E-state index in [-0.39, 0.29) is 22.8 Å². The molecule has 2 aromatic rings. The molecule has 1 fully saturated rings. The molecule has 2 heterocycles. The zero-order chi connectivity index (χ0) is 20.9. The normalized spacial score (nSPS) is 20.3. The lowest BCUT2D eigenvalue weighted by molar-refractivity contribution is -0.385. The highest BCUT2D eigenvalue weighted by Gasteiger charge is 2.56. The average molecular weight is 396 g/mol. The number of nitro groups is 2. The second kappa shape index (κ2) is 6.48. The molecule has 0 unspecified atom stereocenters. The highest BCUT2D eigenvalue weighted by Crippen LogP contribution is 2.37. The monoisotopic (exact) mass is 396 g/mol. The Morgan fingerprint density at radius 3 is 2.17 bits per heavy atom. The molecule has 0 radical (unpaired) electrons. The van der Waals surface area contributed by atoms with E-state index < -0.39 is 33.7 Å². The summed E-state index contributed by atoms with van der Waals surface area (Å²) < 4.78 is 0. The van der Waals surface area contributed by atoms with Gasteiger partial charge in [0.15, 0.2) is 0 Å². The minimum atomic E-state index is -1.15. The van der Waals surface area contributed by atoms with Crippen molar-refractivity contribution < 1.29 is 24.3 Å². The Morgan fingerprint density at radius 1 is 0.966 bits per heavy atom. The molecule has 0 bridgehead atoms. The van der Waals surface area contributed by atoms with Crippen LogP contribution >= 0.6 is 0 Å². The summed E-state index contributed by atoms with van der Waals surface area (Å²) in [6.07, 6.45) is -1.15. The summed E-state index contributed by atoms with van der Waals surface area (Å²) in [4.78, 5) is 52.5. The molecule has 29 heavy (non-hydrogen) atoms. The van der Waals surface area contributed by atoms with E-state index in [4.69, 9.17) is 4.84 Å². The maximum Gasteiger partial charge on any atom is 0.278 e. The smallest absolute Gasteiger partial charge is 0.278 e. The second-order valence-corrected chi connectivity index (χ2v) is 6.52. The molecule has 2 aliphatic rings. The molecule has 0 spiro atoms. The number of amides is 2. The Bertz CT molecular complexity index is 1110. The van der Waals surface area contributed by atoms with Crippen molar-refractivity contribution in [3.8, 4) is 0 Å². The first kappa shape index (κ1) is 18.2. The number of hydrogen-bond donors (Lipinski definition) is 0. The highest BCUT2D eigenvalue weighted by atomic mass is 16.7. The SMILES string of the molecule is Cc1cc([N+](=O)[O-])ccc1N1C(=O)[C@@H]2C(c3ccc([N+](=O)[O-])cc3)=NO[C@@H]2C1=O. The molecule has 11 heteroatoms. The number of non-ortho nitro benzene ring substituents is 2. The number of imide groups is 1. The van der Waals surface area contributed by atoms with Crippen LogP contribution in [-0.4, -0.2) is 33.5 Å². The van der Waals surface area contributed by atoms with Crippen LogP contribution in [0.15, 0.2) is 47.6 Å². The number of hydrogen-bond acceptors (Lipinski definition) is 8.